The third-order valence-corrected chi connectivity index (χ3v) is 3.42. The van der Waals surface area contributed by atoms with E-state index in [2.05, 4.69) is 4.98 Å². The van der Waals surface area contributed by atoms with Gasteiger partial charge in [0.05, 0.1) is 16.6 Å². The maximum absolute atomic E-state index is 9.53. The third kappa shape index (κ3) is 1.99. The van der Waals surface area contributed by atoms with E-state index >= 15 is 0 Å². The van der Waals surface area contributed by atoms with E-state index in [1.807, 2.05) is 48.0 Å². The molecule has 0 saturated heterocycles. The van der Waals surface area contributed by atoms with Crippen molar-refractivity contribution in [3.63, 3.8) is 0 Å². The van der Waals surface area contributed by atoms with Gasteiger partial charge in [-0.3, -0.25) is 0 Å². The number of rotatable bonds is 2. The molecule has 0 amide bonds. The number of fused-ring (bicyclic) bond motifs is 1. The number of hydrogen-bond acceptors (Lipinski definition) is 3. The maximum atomic E-state index is 9.53. The third-order valence-electron chi connectivity index (χ3n) is 3.42. The highest BCUT2D eigenvalue weighted by molar-refractivity contribution is 5.75. The first-order valence-corrected chi connectivity index (χ1v) is 6.31. The zero-order chi connectivity index (χ0) is 14.1. The van der Waals surface area contributed by atoms with Crippen LogP contribution in [-0.4, -0.2) is 14.7 Å². The summed E-state index contributed by atoms with van der Waals surface area (Å²) in [6.07, 6.45) is 0.625. The summed E-state index contributed by atoms with van der Waals surface area (Å²) in [5.41, 5.74) is 3.30. The number of para-hydroxylation sites is 2. The van der Waals surface area contributed by atoms with Crippen LogP contribution in [0.5, 0.6) is 5.75 Å². The van der Waals surface area contributed by atoms with E-state index < -0.39 is 0 Å². The molecule has 0 aliphatic heterocycles. The fourth-order valence-electron chi connectivity index (χ4n) is 2.32. The molecule has 0 atom stereocenters. The van der Waals surface area contributed by atoms with Crippen LogP contribution in [0.2, 0.25) is 0 Å². The zero-order valence-electron chi connectivity index (χ0n) is 11.0. The molecular formula is C16H13N3O. The first-order chi connectivity index (χ1) is 9.69. The second kappa shape index (κ2) is 4.71. The average Bonchev–Trinajstić information content (AvgIpc) is 2.78. The van der Waals surface area contributed by atoms with E-state index in [0.717, 1.165) is 22.4 Å². The van der Waals surface area contributed by atoms with E-state index in [1.165, 1.54) is 0 Å². The Morgan fingerprint density at radius 1 is 1.25 bits per heavy atom. The lowest BCUT2D eigenvalue weighted by atomic mass is 10.1. The Kier molecular flexibility index (Phi) is 2.88. The van der Waals surface area contributed by atoms with Gasteiger partial charge in [0.2, 0.25) is 0 Å². The van der Waals surface area contributed by atoms with Gasteiger partial charge in [0.15, 0.2) is 0 Å². The molecule has 0 saturated carbocycles. The number of phenolic OH excluding ortho intramolecular Hbond substituents is 1. The topological polar surface area (TPSA) is 61.8 Å². The van der Waals surface area contributed by atoms with E-state index in [4.69, 9.17) is 5.26 Å². The van der Waals surface area contributed by atoms with Gasteiger partial charge in [-0.2, -0.15) is 5.26 Å². The van der Waals surface area contributed by atoms with Gasteiger partial charge in [-0.15, -0.1) is 0 Å². The van der Waals surface area contributed by atoms with Crippen molar-refractivity contribution in [3.05, 3.63) is 59.4 Å². The molecule has 3 aromatic rings. The Balaban J connectivity index is 2.01. The smallest absolute Gasteiger partial charge is 0.133 e. The number of nitriles is 1. The highest BCUT2D eigenvalue weighted by Gasteiger charge is 2.09. The van der Waals surface area contributed by atoms with Gasteiger partial charge in [0, 0.05) is 13.5 Å². The molecule has 0 spiro atoms. The molecule has 3 rings (SSSR count). The summed E-state index contributed by atoms with van der Waals surface area (Å²) in [7, 11) is 1.98. The molecule has 98 valence electrons. The van der Waals surface area contributed by atoms with Gasteiger partial charge in [-0.1, -0.05) is 18.2 Å². The summed E-state index contributed by atoms with van der Waals surface area (Å²) in [6, 6.07) is 15.0. The van der Waals surface area contributed by atoms with Crippen LogP contribution in [0.3, 0.4) is 0 Å². The number of aromatic nitrogens is 2. The Bertz CT molecular complexity index is 827. The number of aromatic hydroxyl groups is 1. The van der Waals surface area contributed by atoms with E-state index in [-0.39, 0.29) is 5.75 Å². The normalized spacial score (nSPS) is 10.6. The minimum atomic E-state index is 0.0150. The van der Waals surface area contributed by atoms with Gasteiger partial charge in [-0.25, -0.2) is 4.98 Å². The number of aryl methyl sites for hydroxylation is 1. The highest BCUT2D eigenvalue weighted by Crippen LogP contribution is 2.21. The summed E-state index contributed by atoms with van der Waals surface area (Å²) < 4.78 is 2.05. The van der Waals surface area contributed by atoms with Crippen molar-refractivity contribution >= 4 is 11.0 Å². The molecule has 0 unspecified atom stereocenters. The molecule has 1 N–H and O–H groups in total. The molecule has 2 aromatic carbocycles. The fraction of sp³-hybridized carbons (Fsp3) is 0.125. The molecule has 1 heterocycles. The van der Waals surface area contributed by atoms with Crippen LogP contribution in [0.1, 0.15) is 17.0 Å². The lowest BCUT2D eigenvalue weighted by molar-refractivity contribution is 0.473. The summed E-state index contributed by atoms with van der Waals surface area (Å²) in [6.45, 7) is 0. The van der Waals surface area contributed by atoms with Crippen LogP contribution in [-0.2, 0) is 13.5 Å². The van der Waals surface area contributed by atoms with Crippen molar-refractivity contribution in [2.75, 3.05) is 0 Å². The van der Waals surface area contributed by atoms with Gasteiger partial charge in [0.25, 0.3) is 0 Å². The molecule has 4 heteroatoms. The molecule has 0 radical (unpaired) electrons. The van der Waals surface area contributed by atoms with Crippen LogP contribution in [0.15, 0.2) is 42.5 Å². The Morgan fingerprint density at radius 3 is 2.80 bits per heavy atom. The number of imidazole rings is 1. The predicted molar refractivity (Wildman–Crippen MR) is 76.3 cm³/mol. The molecular weight excluding hydrogens is 250 g/mol. The summed E-state index contributed by atoms with van der Waals surface area (Å²) in [5, 5.41) is 18.5. The number of nitrogens with zero attached hydrogens (tertiary/aromatic N) is 3. The lowest BCUT2D eigenvalue weighted by Crippen LogP contribution is -1.99. The van der Waals surface area contributed by atoms with Crippen LogP contribution in [0, 0.1) is 11.3 Å². The Morgan fingerprint density at radius 2 is 2.05 bits per heavy atom. The summed E-state index contributed by atoms with van der Waals surface area (Å²) in [5.74, 6) is 0.946. The molecule has 0 aliphatic carbocycles. The first kappa shape index (κ1) is 12.2. The van der Waals surface area contributed by atoms with E-state index in [1.54, 1.807) is 12.1 Å². The monoisotopic (exact) mass is 263 g/mol. The largest absolute Gasteiger partial charge is 0.507 e. The molecule has 20 heavy (non-hydrogen) atoms. The Hall–Kier alpha value is -2.80. The van der Waals surface area contributed by atoms with Crippen molar-refractivity contribution in [3.8, 4) is 11.8 Å². The average molecular weight is 263 g/mol. The Labute approximate surface area is 116 Å². The quantitative estimate of drug-likeness (QED) is 0.773. The van der Waals surface area contributed by atoms with Crippen molar-refractivity contribution < 1.29 is 5.11 Å². The van der Waals surface area contributed by atoms with Gasteiger partial charge < -0.3 is 9.67 Å². The van der Waals surface area contributed by atoms with Crippen LogP contribution in [0.25, 0.3) is 11.0 Å². The lowest BCUT2D eigenvalue weighted by Gasteiger charge is -2.04. The molecule has 0 fully saturated rings. The molecule has 4 nitrogen and oxygen atoms in total. The van der Waals surface area contributed by atoms with Crippen LogP contribution in [0.4, 0.5) is 0 Å². The van der Waals surface area contributed by atoms with E-state index in [0.29, 0.717) is 12.0 Å². The summed E-state index contributed by atoms with van der Waals surface area (Å²) in [4.78, 5) is 4.60. The predicted octanol–water partition coefficient (Wildman–Crippen LogP) is 2.74. The highest BCUT2D eigenvalue weighted by atomic mass is 16.3. The number of phenols is 1. The van der Waals surface area contributed by atoms with Crippen LogP contribution < -0.4 is 0 Å². The minimum absolute atomic E-state index is 0.0150. The van der Waals surface area contributed by atoms with Crippen LogP contribution >= 0.6 is 0 Å². The van der Waals surface area contributed by atoms with Crippen molar-refractivity contribution in [2.45, 2.75) is 6.42 Å². The van der Waals surface area contributed by atoms with Crippen molar-refractivity contribution in [1.82, 2.24) is 9.55 Å². The number of benzene rings is 2. The molecule has 1 aromatic heterocycles. The van der Waals surface area contributed by atoms with Gasteiger partial charge >= 0.3 is 0 Å². The summed E-state index contributed by atoms with van der Waals surface area (Å²) >= 11 is 0. The standard InChI is InChI=1S/C16H13N3O/c1-19-14-5-3-2-4-13(14)18-16(19)9-11-6-7-15(20)12(8-11)10-17/h2-8,20H,9H2,1H3. The molecule has 0 aliphatic rings. The van der Waals surface area contributed by atoms with Gasteiger partial charge in [-0.05, 0) is 29.8 Å². The fourth-order valence-corrected chi connectivity index (χ4v) is 2.32. The van der Waals surface area contributed by atoms with E-state index in [9.17, 15) is 5.11 Å². The van der Waals surface area contributed by atoms with Crippen molar-refractivity contribution in [1.29, 1.82) is 5.26 Å². The van der Waals surface area contributed by atoms with Crippen molar-refractivity contribution in [2.24, 2.45) is 7.05 Å². The van der Waals surface area contributed by atoms with Gasteiger partial charge in [0.1, 0.15) is 17.6 Å². The minimum Gasteiger partial charge on any atom is -0.507 e. The molecule has 0 bridgehead atoms. The second-order valence-electron chi connectivity index (χ2n) is 4.72. The maximum Gasteiger partial charge on any atom is 0.133 e. The zero-order valence-corrected chi connectivity index (χ0v) is 11.0. The second-order valence-corrected chi connectivity index (χ2v) is 4.72. The number of hydrogen-bond donors (Lipinski definition) is 1. The first-order valence-electron chi connectivity index (χ1n) is 6.31. The SMILES string of the molecule is Cn1c(Cc2ccc(O)c(C#N)c2)nc2ccccc21.